The number of rotatable bonds is 3. The Bertz CT molecular complexity index is 447. The Labute approximate surface area is 123 Å². The standard InChI is InChI=1S/C19H27N/c1-12-3-5-16(6-4-12)13(2)20-19-17-8-14-7-15(10-17)11-18(19)9-14/h3-6,13-15,17-20H,7-11H2,1-2H3/t13-,14?,15?,17?,18?,19?/m0/s1. The first-order valence-corrected chi connectivity index (χ1v) is 8.51. The van der Waals surface area contributed by atoms with Crippen LogP contribution in [0.4, 0.5) is 0 Å². The minimum absolute atomic E-state index is 0.498. The Kier molecular flexibility index (Phi) is 3.14. The zero-order valence-electron chi connectivity index (χ0n) is 12.8. The lowest BCUT2D eigenvalue weighted by molar-refractivity contribution is -0.0171. The molecule has 4 fully saturated rings. The third-order valence-electron chi connectivity index (χ3n) is 6.25. The first-order chi connectivity index (χ1) is 9.69. The van der Waals surface area contributed by atoms with Gasteiger partial charge in [-0.25, -0.2) is 0 Å². The molecule has 1 heteroatoms. The summed E-state index contributed by atoms with van der Waals surface area (Å²) in [4.78, 5) is 0. The van der Waals surface area contributed by atoms with Gasteiger partial charge in [-0.3, -0.25) is 0 Å². The molecule has 0 heterocycles. The van der Waals surface area contributed by atoms with Crippen molar-refractivity contribution < 1.29 is 0 Å². The summed E-state index contributed by atoms with van der Waals surface area (Å²) in [5.41, 5.74) is 2.81. The van der Waals surface area contributed by atoms with Crippen LogP contribution in [0.2, 0.25) is 0 Å². The molecule has 0 aromatic heterocycles. The van der Waals surface area contributed by atoms with Gasteiger partial charge in [-0.05, 0) is 75.2 Å². The molecule has 4 aliphatic carbocycles. The molecule has 20 heavy (non-hydrogen) atoms. The number of aryl methyl sites for hydroxylation is 1. The number of hydrogen-bond acceptors (Lipinski definition) is 1. The maximum atomic E-state index is 4.00. The summed E-state index contributed by atoms with van der Waals surface area (Å²) in [5, 5.41) is 4.00. The van der Waals surface area contributed by atoms with Crippen molar-refractivity contribution in [1.29, 1.82) is 0 Å². The smallest absolute Gasteiger partial charge is 0.0294 e. The average Bonchev–Trinajstić information content (AvgIpc) is 2.42. The first-order valence-electron chi connectivity index (χ1n) is 8.51. The molecule has 0 amide bonds. The van der Waals surface area contributed by atoms with Gasteiger partial charge in [0, 0.05) is 12.1 Å². The summed E-state index contributed by atoms with van der Waals surface area (Å²) in [6, 6.07) is 10.4. The quantitative estimate of drug-likeness (QED) is 0.853. The van der Waals surface area contributed by atoms with Crippen molar-refractivity contribution in [1.82, 2.24) is 5.32 Å². The third-order valence-corrected chi connectivity index (χ3v) is 6.25. The van der Waals surface area contributed by atoms with Crippen LogP contribution in [0.1, 0.15) is 56.2 Å². The van der Waals surface area contributed by atoms with Crippen LogP contribution in [0.5, 0.6) is 0 Å². The molecule has 1 nitrogen and oxygen atoms in total. The molecule has 0 aliphatic heterocycles. The second-order valence-corrected chi connectivity index (χ2v) is 7.76. The Morgan fingerprint density at radius 3 is 2.00 bits per heavy atom. The Morgan fingerprint density at radius 2 is 1.45 bits per heavy atom. The number of nitrogens with one attached hydrogen (secondary N) is 1. The molecular formula is C19H27N. The molecule has 4 bridgehead atoms. The highest BCUT2D eigenvalue weighted by atomic mass is 15.0. The predicted molar refractivity (Wildman–Crippen MR) is 83.6 cm³/mol. The van der Waals surface area contributed by atoms with Crippen molar-refractivity contribution in [2.45, 2.75) is 58.0 Å². The summed E-state index contributed by atoms with van der Waals surface area (Å²) in [7, 11) is 0. The van der Waals surface area contributed by atoms with E-state index >= 15 is 0 Å². The highest BCUT2D eigenvalue weighted by molar-refractivity contribution is 5.24. The van der Waals surface area contributed by atoms with Gasteiger partial charge in [-0.1, -0.05) is 29.8 Å². The molecule has 0 saturated heterocycles. The monoisotopic (exact) mass is 269 g/mol. The van der Waals surface area contributed by atoms with Gasteiger partial charge >= 0.3 is 0 Å². The average molecular weight is 269 g/mol. The fourth-order valence-corrected chi connectivity index (χ4v) is 5.44. The first kappa shape index (κ1) is 12.9. The lowest BCUT2D eigenvalue weighted by atomic mass is 9.54. The topological polar surface area (TPSA) is 12.0 Å². The van der Waals surface area contributed by atoms with Crippen molar-refractivity contribution in [2.24, 2.45) is 23.7 Å². The molecule has 5 rings (SSSR count). The van der Waals surface area contributed by atoms with Crippen LogP contribution in [0.3, 0.4) is 0 Å². The lowest BCUT2D eigenvalue weighted by Gasteiger charge is -2.55. The molecule has 0 spiro atoms. The van der Waals surface area contributed by atoms with E-state index < -0.39 is 0 Å². The minimum Gasteiger partial charge on any atom is -0.307 e. The Morgan fingerprint density at radius 1 is 0.900 bits per heavy atom. The van der Waals surface area contributed by atoms with Crippen molar-refractivity contribution in [2.75, 3.05) is 0 Å². The lowest BCUT2D eigenvalue weighted by Crippen LogP contribution is -2.54. The van der Waals surface area contributed by atoms with Gasteiger partial charge < -0.3 is 5.32 Å². The van der Waals surface area contributed by atoms with Gasteiger partial charge in [-0.2, -0.15) is 0 Å². The Balaban J connectivity index is 1.47. The van der Waals surface area contributed by atoms with Crippen LogP contribution < -0.4 is 5.32 Å². The molecule has 0 unspecified atom stereocenters. The largest absolute Gasteiger partial charge is 0.307 e. The van der Waals surface area contributed by atoms with E-state index in [1.165, 1.54) is 36.8 Å². The highest BCUT2D eigenvalue weighted by Gasteiger charge is 2.48. The predicted octanol–water partition coefficient (Wildman–Crippen LogP) is 4.47. The SMILES string of the molecule is Cc1ccc([C@H](C)NC2C3CC4CC(C3)CC2C4)cc1. The summed E-state index contributed by atoms with van der Waals surface area (Å²) in [6.45, 7) is 4.51. The van der Waals surface area contributed by atoms with Gasteiger partial charge in [0.15, 0.2) is 0 Å². The van der Waals surface area contributed by atoms with E-state index in [1.54, 1.807) is 6.42 Å². The third kappa shape index (κ3) is 2.20. The molecule has 4 saturated carbocycles. The normalized spacial score (nSPS) is 40.0. The van der Waals surface area contributed by atoms with E-state index in [0.29, 0.717) is 6.04 Å². The molecular weight excluding hydrogens is 242 g/mol. The second-order valence-electron chi connectivity index (χ2n) is 7.76. The van der Waals surface area contributed by atoms with E-state index in [9.17, 15) is 0 Å². The number of benzene rings is 1. The molecule has 1 atom stereocenters. The van der Waals surface area contributed by atoms with E-state index in [2.05, 4.69) is 43.4 Å². The maximum Gasteiger partial charge on any atom is 0.0294 e. The molecule has 0 radical (unpaired) electrons. The zero-order chi connectivity index (χ0) is 13.7. The van der Waals surface area contributed by atoms with Crippen molar-refractivity contribution in [3.63, 3.8) is 0 Å². The van der Waals surface area contributed by atoms with Crippen molar-refractivity contribution >= 4 is 0 Å². The van der Waals surface area contributed by atoms with Gasteiger partial charge in [0.2, 0.25) is 0 Å². The van der Waals surface area contributed by atoms with E-state index in [4.69, 9.17) is 0 Å². The van der Waals surface area contributed by atoms with Gasteiger partial charge in [0.1, 0.15) is 0 Å². The fourth-order valence-electron chi connectivity index (χ4n) is 5.44. The van der Waals surface area contributed by atoms with Crippen LogP contribution in [-0.2, 0) is 0 Å². The summed E-state index contributed by atoms with van der Waals surface area (Å²) >= 11 is 0. The molecule has 108 valence electrons. The van der Waals surface area contributed by atoms with Gasteiger partial charge in [-0.15, -0.1) is 0 Å². The zero-order valence-corrected chi connectivity index (χ0v) is 12.8. The van der Waals surface area contributed by atoms with Crippen LogP contribution in [-0.4, -0.2) is 6.04 Å². The second kappa shape index (κ2) is 4.87. The van der Waals surface area contributed by atoms with Crippen LogP contribution in [0, 0.1) is 30.6 Å². The van der Waals surface area contributed by atoms with Crippen LogP contribution in [0.15, 0.2) is 24.3 Å². The molecule has 1 aromatic rings. The van der Waals surface area contributed by atoms with E-state index in [0.717, 1.165) is 29.7 Å². The van der Waals surface area contributed by atoms with Gasteiger partial charge in [0.25, 0.3) is 0 Å². The summed E-state index contributed by atoms with van der Waals surface area (Å²) < 4.78 is 0. The molecule has 4 aliphatic rings. The maximum absolute atomic E-state index is 4.00. The van der Waals surface area contributed by atoms with Gasteiger partial charge in [0.05, 0.1) is 0 Å². The molecule has 1 N–H and O–H groups in total. The van der Waals surface area contributed by atoms with Crippen LogP contribution >= 0.6 is 0 Å². The number of hydrogen-bond donors (Lipinski definition) is 1. The van der Waals surface area contributed by atoms with E-state index in [1.807, 2.05) is 0 Å². The van der Waals surface area contributed by atoms with E-state index in [-0.39, 0.29) is 0 Å². The molecule has 1 aromatic carbocycles. The van der Waals surface area contributed by atoms with Crippen molar-refractivity contribution in [3.8, 4) is 0 Å². The summed E-state index contributed by atoms with van der Waals surface area (Å²) in [5.74, 6) is 4.09. The highest BCUT2D eigenvalue weighted by Crippen LogP contribution is 2.54. The Hall–Kier alpha value is -0.820. The minimum atomic E-state index is 0.498. The summed E-state index contributed by atoms with van der Waals surface area (Å²) in [6.07, 6.45) is 7.57. The van der Waals surface area contributed by atoms with Crippen LogP contribution in [0.25, 0.3) is 0 Å². The fraction of sp³-hybridized carbons (Fsp3) is 0.684. The van der Waals surface area contributed by atoms with Crippen molar-refractivity contribution in [3.05, 3.63) is 35.4 Å².